The number of aliphatic hydroxyl groups is 1. The third-order valence-corrected chi connectivity index (χ3v) is 4.54. The lowest BCUT2D eigenvalue weighted by Gasteiger charge is -2.27. The molecule has 7 nitrogen and oxygen atoms in total. The predicted octanol–water partition coefficient (Wildman–Crippen LogP) is 1.49. The summed E-state index contributed by atoms with van der Waals surface area (Å²) in [5.74, 6) is -0.140. The summed E-state index contributed by atoms with van der Waals surface area (Å²) >= 11 is 4.45. The number of pyridine rings is 1. The van der Waals surface area contributed by atoms with E-state index in [4.69, 9.17) is 4.74 Å². The van der Waals surface area contributed by atoms with Crippen LogP contribution >= 0.6 is 12.6 Å². The molecule has 2 rings (SSSR count). The molecule has 142 valence electrons. The van der Waals surface area contributed by atoms with Gasteiger partial charge in [-0.15, -0.1) is 0 Å². The molecule has 1 N–H and O–H groups in total. The normalized spacial score (nSPS) is 19.2. The molecular formula is C18H25N3O4S. The second-order valence-corrected chi connectivity index (χ2v) is 6.86. The zero-order valence-electron chi connectivity index (χ0n) is 14.7. The average molecular weight is 379 g/mol. The summed E-state index contributed by atoms with van der Waals surface area (Å²) in [6.07, 6.45) is 3.48. The highest BCUT2D eigenvalue weighted by molar-refractivity contribution is 7.81. The Morgan fingerprint density at radius 2 is 2.31 bits per heavy atom. The van der Waals surface area contributed by atoms with Crippen molar-refractivity contribution in [2.45, 2.75) is 30.7 Å². The predicted molar refractivity (Wildman–Crippen MR) is 101 cm³/mol. The highest BCUT2D eigenvalue weighted by Crippen LogP contribution is 2.25. The Bertz CT molecular complexity index is 614. The van der Waals surface area contributed by atoms with E-state index in [9.17, 15) is 14.7 Å². The molecule has 0 radical (unpaired) electrons. The van der Waals surface area contributed by atoms with Gasteiger partial charge in [0, 0.05) is 37.0 Å². The van der Waals surface area contributed by atoms with Crippen LogP contribution in [0.2, 0.25) is 0 Å². The van der Waals surface area contributed by atoms with E-state index in [2.05, 4.69) is 24.2 Å². The summed E-state index contributed by atoms with van der Waals surface area (Å²) in [5, 5.41) is 9.29. The minimum atomic E-state index is -0.460. The van der Waals surface area contributed by atoms with E-state index in [-0.39, 0.29) is 43.4 Å². The largest absolute Gasteiger partial charge is 0.445 e. The van der Waals surface area contributed by atoms with Gasteiger partial charge in [0.25, 0.3) is 0 Å². The number of hydrogen-bond donors (Lipinski definition) is 2. The minimum absolute atomic E-state index is 0.00571. The molecule has 0 spiro atoms. The topological polar surface area (TPSA) is 83.0 Å². The molecule has 2 atom stereocenters. The van der Waals surface area contributed by atoms with Crippen molar-refractivity contribution in [1.82, 2.24) is 14.8 Å². The summed E-state index contributed by atoms with van der Waals surface area (Å²) in [7, 11) is 0. The molecule has 0 unspecified atom stereocenters. The van der Waals surface area contributed by atoms with Crippen LogP contribution in [0.3, 0.4) is 0 Å². The van der Waals surface area contributed by atoms with Crippen LogP contribution < -0.4 is 0 Å². The van der Waals surface area contributed by atoms with Crippen LogP contribution in [0.5, 0.6) is 0 Å². The van der Waals surface area contributed by atoms with Gasteiger partial charge in [-0.2, -0.15) is 12.6 Å². The van der Waals surface area contributed by atoms with Gasteiger partial charge in [0.2, 0.25) is 5.91 Å². The van der Waals surface area contributed by atoms with Gasteiger partial charge in [-0.25, -0.2) is 4.79 Å². The number of ether oxygens (including phenoxy) is 1. The molecule has 1 aliphatic rings. The molecule has 0 saturated carbocycles. The second kappa shape index (κ2) is 10.2. The Kier molecular flexibility index (Phi) is 7.93. The summed E-state index contributed by atoms with van der Waals surface area (Å²) in [6.45, 7) is 4.49. The number of rotatable bonds is 8. The molecule has 1 aromatic rings. The highest BCUT2D eigenvalue weighted by Gasteiger charge is 2.36. The molecule has 2 heterocycles. The number of carbonyl (C=O) groups excluding carboxylic acids is 2. The van der Waals surface area contributed by atoms with Gasteiger partial charge in [-0.1, -0.05) is 18.7 Å². The first kappa shape index (κ1) is 20.3. The van der Waals surface area contributed by atoms with Crippen LogP contribution in [-0.4, -0.2) is 69.5 Å². The first-order valence-electron chi connectivity index (χ1n) is 8.56. The van der Waals surface area contributed by atoms with Gasteiger partial charge in [0.15, 0.2) is 0 Å². The van der Waals surface area contributed by atoms with E-state index in [0.717, 1.165) is 5.69 Å². The summed E-state index contributed by atoms with van der Waals surface area (Å²) in [5.41, 5.74) is 0.745. The molecule has 1 aliphatic heterocycles. The lowest BCUT2D eigenvalue weighted by atomic mass is 10.1. The van der Waals surface area contributed by atoms with Gasteiger partial charge in [0.05, 0.1) is 18.8 Å². The molecule has 1 fully saturated rings. The zero-order valence-corrected chi connectivity index (χ0v) is 15.6. The van der Waals surface area contributed by atoms with Crippen LogP contribution in [0.25, 0.3) is 0 Å². The Labute approximate surface area is 159 Å². The maximum absolute atomic E-state index is 12.7. The number of hydrogen-bond acceptors (Lipinski definition) is 6. The van der Waals surface area contributed by atoms with Gasteiger partial charge in [0.1, 0.15) is 6.61 Å². The lowest BCUT2D eigenvalue weighted by molar-refractivity contribution is -0.133. The molecule has 1 saturated heterocycles. The number of thiol groups is 1. The summed E-state index contributed by atoms with van der Waals surface area (Å²) in [6, 6.07) is 5.21. The van der Waals surface area contributed by atoms with Crippen molar-refractivity contribution >= 4 is 24.6 Å². The van der Waals surface area contributed by atoms with Gasteiger partial charge in [-0.3, -0.25) is 9.78 Å². The van der Waals surface area contributed by atoms with Crippen LogP contribution in [0.15, 0.2) is 37.1 Å². The Balaban J connectivity index is 2.01. The first-order valence-corrected chi connectivity index (χ1v) is 9.07. The van der Waals surface area contributed by atoms with Gasteiger partial charge >= 0.3 is 6.09 Å². The Hall–Kier alpha value is -2.06. The van der Waals surface area contributed by atoms with Gasteiger partial charge < -0.3 is 19.6 Å². The minimum Gasteiger partial charge on any atom is -0.445 e. The van der Waals surface area contributed by atoms with Crippen LogP contribution in [0.4, 0.5) is 4.79 Å². The fraction of sp³-hybridized carbons (Fsp3) is 0.500. The number of likely N-dealkylation sites (tertiary alicyclic amines) is 1. The SMILES string of the molecule is C=CCOC(=O)N1C[C@@H](S)C[C@@H]1CC(=O)N(CCO)Cc1ccccn1. The van der Waals surface area contributed by atoms with Crippen LogP contribution in [0.1, 0.15) is 18.5 Å². The maximum atomic E-state index is 12.7. The molecule has 1 aromatic heterocycles. The Morgan fingerprint density at radius 1 is 1.50 bits per heavy atom. The van der Waals surface area contributed by atoms with Crippen molar-refractivity contribution in [3.63, 3.8) is 0 Å². The van der Waals surface area contributed by atoms with E-state index in [1.165, 1.54) is 6.08 Å². The highest BCUT2D eigenvalue weighted by atomic mass is 32.1. The van der Waals surface area contributed by atoms with E-state index in [1.807, 2.05) is 12.1 Å². The number of aliphatic hydroxyl groups excluding tert-OH is 1. The smallest absolute Gasteiger partial charge is 0.410 e. The molecule has 2 amide bonds. The van der Waals surface area contributed by atoms with E-state index in [0.29, 0.717) is 19.5 Å². The average Bonchev–Trinajstić information content (AvgIpc) is 3.00. The first-order chi connectivity index (χ1) is 12.5. The molecule has 8 heteroatoms. The lowest BCUT2D eigenvalue weighted by Crippen LogP contribution is -2.41. The number of carbonyl (C=O) groups is 2. The molecule has 0 aliphatic carbocycles. The van der Waals surface area contributed by atoms with Crippen molar-refractivity contribution in [1.29, 1.82) is 0 Å². The van der Waals surface area contributed by atoms with E-state index < -0.39 is 6.09 Å². The summed E-state index contributed by atoms with van der Waals surface area (Å²) in [4.78, 5) is 32.3. The third-order valence-electron chi connectivity index (χ3n) is 4.16. The number of aromatic nitrogens is 1. The standard InChI is InChI=1S/C18H25N3O4S/c1-2-9-25-18(24)21-13-16(26)10-15(21)11-17(23)20(7-8-22)12-14-5-3-4-6-19-14/h2-6,15-16,22,26H,1,7-13H2/t15-,16+/m1/s1. The number of nitrogens with zero attached hydrogens (tertiary/aromatic N) is 3. The van der Waals surface area contributed by atoms with Crippen molar-refractivity contribution in [2.75, 3.05) is 26.3 Å². The zero-order chi connectivity index (χ0) is 18.9. The van der Waals surface area contributed by atoms with Crippen molar-refractivity contribution < 1.29 is 19.4 Å². The molecule has 0 bridgehead atoms. The molecule has 26 heavy (non-hydrogen) atoms. The molecule has 0 aromatic carbocycles. The fourth-order valence-corrected chi connectivity index (χ4v) is 3.37. The quantitative estimate of drug-likeness (QED) is 0.528. The molecular weight excluding hydrogens is 354 g/mol. The monoisotopic (exact) mass is 379 g/mol. The van der Waals surface area contributed by atoms with Gasteiger partial charge in [-0.05, 0) is 18.6 Å². The van der Waals surface area contributed by atoms with Crippen molar-refractivity contribution in [3.05, 3.63) is 42.7 Å². The maximum Gasteiger partial charge on any atom is 0.410 e. The van der Waals surface area contributed by atoms with Crippen LogP contribution in [0, 0.1) is 0 Å². The van der Waals surface area contributed by atoms with Crippen molar-refractivity contribution in [3.8, 4) is 0 Å². The van der Waals surface area contributed by atoms with E-state index >= 15 is 0 Å². The van der Waals surface area contributed by atoms with E-state index in [1.54, 1.807) is 22.1 Å². The third kappa shape index (κ3) is 5.74. The second-order valence-electron chi connectivity index (χ2n) is 6.13. The Morgan fingerprint density at radius 3 is 2.96 bits per heavy atom. The van der Waals surface area contributed by atoms with Crippen molar-refractivity contribution in [2.24, 2.45) is 0 Å². The summed E-state index contributed by atoms with van der Waals surface area (Å²) < 4.78 is 5.10. The van der Waals surface area contributed by atoms with Crippen LogP contribution in [-0.2, 0) is 16.1 Å². The number of amides is 2. The fourth-order valence-electron chi connectivity index (χ4n) is 2.95.